The van der Waals surface area contributed by atoms with E-state index < -0.39 is 0 Å². The molecule has 0 unspecified atom stereocenters. The summed E-state index contributed by atoms with van der Waals surface area (Å²) in [5.41, 5.74) is 2.19. The Labute approximate surface area is 106 Å². The number of phenols is 1. The van der Waals surface area contributed by atoms with Crippen LogP contribution in [0.15, 0.2) is 36.5 Å². The maximum Gasteiger partial charge on any atom is 0.144 e. The number of aromatic hydroxyl groups is 1. The summed E-state index contributed by atoms with van der Waals surface area (Å²) in [4.78, 5) is 4.14. The lowest BCUT2D eigenvalue weighted by Crippen LogP contribution is -2.04. The van der Waals surface area contributed by atoms with Gasteiger partial charge in [-0.1, -0.05) is 18.2 Å². The number of benzene rings is 1. The fourth-order valence-corrected chi connectivity index (χ4v) is 1.67. The van der Waals surface area contributed by atoms with E-state index in [1.54, 1.807) is 24.4 Å². The number of nitriles is 1. The van der Waals surface area contributed by atoms with Crippen molar-refractivity contribution in [1.82, 2.24) is 4.98 Å². The van der Waals surface area contributed by atoms with Crippen LogP contribution < -0.4 is 5.32 Å². The molecule has 2 N–H and O–H groups in total. The van der Waals surface area contributed by atoms with E-state index in [9.17, 15) is 5.11 Å². The van der Waals surface area contributed by atoms with Gasteiger partial charge in [0.05, 0.1) is 5.56 Å². The van der Waals surface area contributed by atoms with Gasteiger partial charge in [0.15, 0.2) is 0 Å². The van der Waals surface area contributed by atoms with Crippen molar-refractivity contribution in [3.63, 3.8) is 0 Å². The first kappa shape index (κ1) is 11.9. The molecule has 0 aliphatic heterocycles. The molecule has 0 bridgehead atoms. The van der Waals surface area contributed by atoms with Crippen molar-refractivity contribution in [2.24, 2.45) is 0 Å². The molecule has 0 atom stereocenters. The Hall–Kier alpha value is -2.54. The summed E-state index contributed by atoms with van der Waals surface area (Å²) in [6, 6.07) is 11.0. The molecule has 1 heterocycles. The Morgan fingerprint density at radius 2 is 2.11 bits per heavy atom. The number of aromatic nitrogens is 1. The molecule has 1 aromatic heterocycles. The van der Waals surface area contributed by atoms with Crippen LogP contribution in [0, 0.1) is 18.3 Å². The maximum atomic E-state index is 9.64. The Bertz CT molecular complexity index is 602. The fourth-order valence-electron chi connectivity index (χ4n) is 1.67. The second-order valence-corrected chi connectivity index (χ2v) is 3.95. The molecular weight excluding hydrogens is 226 g/mol. The summed E-state index contributed by atoms with van der Waals surface area (Å²) in [5, 5.41) is 21.8. The lowest BCUT2D eigenvalue weighted by Gasteiger charge is -2.09. The monoisotopic (exact) mass is 239 g/mol. The molecule has 0 saturated heterocycles. The van der Waals surface area contributed by atoms with Crippen LogP contribution in [-0.4, -0.2) is 10.1 Å². The van der Waals surface area contributed by atoms with Gasteiger partial charge in [0.25, 0.3) is 0 Å². The standard InChI is InChI=1S/C14H13N3O/c1-10-6-7-16-14(12(10)8-15)17-9-11-4-2-3-5-13(11)18/h2-7,18H,9H2,1H3,(H,16,17). The first-order valence-electron chi connectivity index (χ1n) is 5.59. The molecule has 0 saturated carbocycles. The number of nitrogens with zero attached hydrogens (tertiary/aromatic N) is 2. The number of para-hydroxylation sites is 1. The number of aryl methyl sites for hydroxylation is 1. The van der Waals surface area contributed by atoms with Gasteiger partial charge in [0, 0.05) is 18.3 Å². The van der Waals surface area contributed by atoms with E-state index in [1.165, 1.54) is 0 Å². The highest BCUT2D eigenvalue weighted by Crippen LogP contribution is 2.19. The Morgan fingerprint density at radius 3 is 2.83 bits per heavy atom. The van der Waals surface area contributed by atoms with Crippen molar-refractivity contribution in [1.29, 1.82) is 5.26 Å². The Morgan fingerprint density at radius 1 is 1.33 bits per heavy atom. The number of anilines is 1. The molecule has 2 rings (SSSR count). The summed E-state index contributed by atoms with van der Waals surface area (Å²) in [5.74, 6) is 0.775. The third-order valence-electron chi connectivity index (χ3n) is 2.71. The lowest BCUT2D eigenvalue weighted by molar-refractivity contribution is 0.469. The smallest absolute Gasteiger partial charge is 0.144 e. The van der Waals surface area contributed by atoms with Crippen molar-refractivity contribution in [2.75, 3.05) is 5.32 Å². The zero-order chi connectivity index (χ0) is 13.0. The number of rotatable bonds is 3. The summed E-state index contributed by atoms with van der Waals surface area (Å²) in [7, 11) is 0. The highest BCUT2D eigenvalue weighted by Gasteiger charge is 2.06. The molecule has 0 fully saturated rings. The number of phenolic OH excluding ortho intramolecular Hbond substituents is 1. The van der Waals surface area contributed by atoms with Gasteiger partial charge in [-0.25, -0.2) is 4.98 Å². The minimum atomic E-state index is 0.233. The van der Waals surface area contributed by atoms with E-state index in [-0.39, 0.29) is 5.75 Å². The van der Waals surface area contributed by atoms with E-state index in [1.807, 2.05) is 19.1 Å². The molecule has 0 radical (unpaired) electrons. The quantitative estimate of drug-likeness (QED) is 0.863. The van der Waals surface area contributed by atoms with Crippen LogP contribution in [0.3, 0.4) is 0 Å². The van der Waals surface area contributed by atoms with Gasteiger partial charge in [-0.2, -0.15) is 5.26 Å². The van der Waals surface area contributed by atoms with Gasteiger partial charge in [-0.05, 0) is 24.6 Å². The second kappa shape index (κ2) is 5.19. The van der Waals surface area contributed by atoms with Crippen LogP contribution in [0.4, 0.5) is 5.82 Å². The molecule has 0 aliphatic rings. The summed E-state index contributed by atoms with van der Waals surface area (Å²) >= 11 is 0. The van der Waals surface area contributed by atoms with E-state index in [0.717, 1.165) is 11.1 Å². The zero-order valence-corrected chi connectivity index (χ0v) is 10.0. The largest absolute Gasteiger partial charge is 0.508 e. The molecule has 1 aromatic carbocycles. The Balaban J connectivity index is 2.19. The Kier molecular flexibility index (Phi) is 3.44. The van der Waals surface area contributed by atoms with Crippen molar-refractivity contribution >= 4 is 5.82 Å². The summed E-state index contributed by atoms with van der Waals surface area (Å²) < 4.78 is 0. The molecule has 4 nitrogen and oxygen atoms in total. The average molecular weight is 239 g/mol. The predicted molar refractivity (Wildman–Crippen MR) is 69.1 cm³/mol. The third-order valence-corrected chi connectivity index (χ3v) is 2.71. The van der Waals surface area contributed by atoms with Gasteiger partial charge in [-0.15, -0.1) is 0 Å². The lowest BCUT2D eigenvalue weighted by atomic mass is 10.1. The van der Waals surface area contributed by atoms with Crippen LogP contribution in [0.25, 0.3) is 0 Å². The molecular formula is C14H13N3O. The number of pyridine rings is 1. The minimum Gasteiger partial charge on any atom is -0.508 e. The van der Waals surface area contributed by atoms with Crippen LogP contribution in [0.1, 0.15) is 16.7 Å². The van der Waals surface area contributed by atoms with Crippen molar-refractivity contribution < 1.29 is 5.11 Å². The van der Waals surface area contributed by atoms with Gasteiger partial charge in [0.2, 0.25) is 0 Å². The van der Waals surface area contributed by atoms with Crippen LogP contribution in [0.5, 0.6) is 5.75 Å². The van der Waals surface area contributed by atoms with Crippen LogP contribution in [-0.2, 0) is 6.54 Å². The minimum absolute atomic E-state index is 0.233. The van der Waals surface area contributed by atoms with Crippen LogP contribution >= 0.6 is 0 Å². The van der Waals surface area contributed by atoms with E-state index in [0.29, 0.717) is 17.9 Å². The van der Waals surface area contributed by atoms with Crippen molar-refractivity contribution in [3.8, 4) is 11.8 Å². The summed E-state index contributed by atoms with van der Waals surface area (Å²) in [6.45, 7) is 2.29. The van der Waals surface area contributed by atoms with Gasteiger partial charge in [0.1, 0.15) is 17.6 Å². The van der Waals surface area contributed by atoms with E-state index >= 15 is 0 Å². The first-order chi connectivity index (χ1) is 8.72. The number of nitrogens with one attached hydrogen (secondary N) is 1. The first-order valence-corrected chi connectivity index (χ1v) is 5.59. The maximum absolute atomic E-state index is 9.64. The molecule has 4 heteroatoms. The van der Waals surface area contributed by atoms with Gasteiger partial charge >= 0.3 is 0 Å². The molecule has 0 aliphatic carbocycles. The molecule has 0 amide bonds. The average Bonchev–Trinajstić information content (AvgIpc) is 2.38. The van der Waals surface area contributed by atoms with Crippen LogP contribution in [0.2, 0.25) is 0 Å². The summed E-state index contributed by atoms with van der Waals surface area (Å²) in [6.07, 6.45) is 1.66. The SMILES string of the molecule is Cc1ccnc(NCc2ccccc2O)c1C#N. The van der Waals surface area contributed by atoms with Gasteiger partial charge in [-0.3, -0.25) is 0 Å². The highest BCUT2D eigenvalue weighted by molar-refractivity contribution is 5.55. The molecule has 2 aromatic rings. The number of hydrogen-bond acceptors (Lipinski definition) is 4. The third kappa shape index (κ3) is 2.41. The predicted octanol–water partition coefficient (Wildman–Crippen LogP) is 2.58. The van der Waals surface area contributed by atoms with E-state index in [4.69, 9.17) is 5.26 Å². The molecule has 0 spiro atoms. The number of hydrogen-bond donors (Lipinski definition) is 2. The topological polar surface area (TPSA) is 68.9 Å². The van der Waals surface area contributed by atoms with Crippen molar-refractivity contribution in [3.05, 3.63) is 53.2 Å². The zero-order valence-electron chi connectivity index (χ0n) is 10.0. The second-order valence-electron chi connectivity index (χ2n) is 3.95. The van der Waals surface area contributed by atoms with Gasteiger partial charge < -0.3 is 10.4 Å². The molecule has 90 valence electrons. The normalized spacial score (nSPS) is 9.78. The fraction of sp³-hybridized carbons (Fsp3) is 0.143. The molecule has 18 heavy (non-hydrogen) atoms. The highest BCUT2D eigenvalue weighted by atomic mass is 16.3. The van der Waals surface area contributed by atoms with E-state index in [2.05, 4.69) is 16.4 Å². The van der Waals surface area contributed by atoms with Crippen molar-refractivity contribution in [2.45, 2.75) is 13.5 Å².